The lowest BCUT2D eigenvalue weighted by Crippen LogP contribution is -2.03. The van der Waals surface area contributed by atoms with Gasteiger partial charge in [0.05, 0.1) is 19.8 Å². The van der Waals surface area contributed by atoms with E-state index in [4.69, 9.17) is 18.9 Å². The molecule has 0 aliphatic rings. The first-order valence-corrected chi connectivity index (χ1v) is 11.6. The van der Waals surface area contributed by atoms with Gasteiger partial charge >= 0.3 is 0 Å². The number of hydrogen-bond acceptors (Lipinski definition) is 5. The van der Waals surface area contributed by atoms with E-state index < -0.39 is 0 Å². The van der Waals surface area contributed by atoms with Crippen LogP contribution in [0.15, 0.2) is 103 Å². The Bertz CT molecular complexity index is 1310. The van der Waals surface area contributed by atoms with E-state index in [1.165, 1.54) is 6.08 Å². The molecule has 0 saturated carbocycles. The Morgan fingerprint density at radius 1 is 0.667 bits per heavy atom. The third-order valence-electron chi connectivity index (χ3n) is 5.56. The number of ketones is 1. The van der Waals surface area contributed by atoms with Gasteiger partial charge in [-0.1, -0.05) is 60.7 Å². The summed E-state index contributed by atoms with van der Waals surface area (Å²) < 4.78 is 22.8. The number of rotatable bonds is 11. The SMILES string of the molecule is COc1ccc(C=CC(=O)c2ccc(OC)cc2OCc2ccccc2)c(OCc2ccccc2)c1. The van der Waals surface area contributed by atoms with Crippen molar-refractivity contribution in [3.63, 3.8) is 0 Å². The van der Waals surface area contributed by atoms with Crippen molar-refractivity contribution in [1.82, 2.24) is 0 Å². The van der Waals surface area contributed by atoms with Crippen molar-refractivity contribution in [2.75, 3.05) is 14.2 Å². The van der Waals surface area contributed by atoms with Gasteiger partial charge in [-0.3, -0.25) is 4.79 Å². The zero-order valence-corrected chi connectivity index (χ0v) is 20.3. The predicted octanol–water partition coefficient (Wildman–Crippen LogP) is 6.76. The van der Waals surface area contributed by atoms with Gasteiger partial charge in [-0.2, -0.15) is 0 Å². The Kier molecular flexibility index (Phi) is 8.39. The molecule has 0 unspecified atom stereocenters. The second-order valence-corrected chi connectivity index (χ2v) is 8.01. The fourth-order valence-electron chi connectivity index (χ4n) is 3.58. The number of hydrogen-bond donors (Lipinski definition) is 0. The van der Waals surface area contributed by atoms with Gasteiger partial charge in [0.15, 0.2) is 5.78 Å². The van der Waals surface area contributed by atoms with Crippen molar-refractivity contribution in [2.45, 2.75) is 13.2 Å². The Balaban J connectivity index is 1.54. The molecule has 0 N–H and O–H groups in total. The number of benzene rings is 4. The maximum absolute atomic E-state index is 13.2. The topological polar surface area (TPSA) is 54.0 Å². The van der Waals surface area contributed by atoms with E-state index in [0.717, 1.165) is 16.7 Å². The standard InChI is InChI=1S/C31H28O5/c1-33-26-15-13-25(30(19-26)35-21-23-9-5-3-6-10-23)14-18-29(32)28-17-16-27(34-2)20-31(28)36-22-24-11-7-4-8-12-24/h3-20H,21-22H2,1-2H3. The quantitative estimate of drug-likeness (QED) is 0.175. The summed E-state index contributed by atoms with van der Waals surface area (Å²) in [7, 11) is 3.19. The molecule has 36 heavy (non-hydrogen) atoms. The molecule has 0 aromatic heterocycles. The Morgan fingerprint density at radius 2 is 1.19 bits per heavy atom. The highest BCUT2D eigenvalue weighted by Gasteiger charge is 2.13. The number of ether oxygens (including phenoxy) is 4. The maximum Gasteiger partial charge on any atom is 0.189 e. The van der Waals surface area contributed by atoms with Gasteiger partial charge in [0.1, 0.15) is 36.2 Å². The first kappa shape index (κ1) is 24.6. The van der Waals surface area contributed by atoms with Crippen LogP contribution < -0.4 is 18.9 Å². The molecule has 0 atom stereocenters. The van der Waals surface area contributed by atoms with E-state index in [9.17, 15) is 4.79 Å². The average Bonchev–Trinajstić information content (AvgIpc) is 2.94. The lowest BCUT2D eigenvalue weighted by molar-refractivity contribution is 0.104. The lowest BCUT2D eigenvalue weighted by Gasteiger charge is -2.12. The fourth-order valence-corrected chi connectivity index (χ4v) is 3.58. The highest BCUT2D eigenvalue weighted by molar-refractivity contribution is 6.08. The molecule has 0 aliphatic heterocycles. The molecule has 5 heteroatoms. The van der Waals surface area contributed by atoms with Crippen LogP contribution in [0.5, 0.6) is 23.0 Å². The number of carbonyl (C=O) groups is 1. The van der Waals surface area contributed by atoms with E-state index in [0.29, 0.717) is 41.8 Å². The molecule has 0 spiro atoms. The van der Waals surface area contributed by atoms with Crippen LogP contribution in [0.1, 0.15) is 27.0 Å². The summed E-state index contributed by atoms with van der Waals surface area (Å²) in [6, 6.07) is 30.4. The smallest absolute Gasteiger partial charge is 0.189 e. The van der Waals surface area contributed by atoms with E-state index in [1.54, 1.807) is 38.5 Å². The van der Waals surface area contributed by atoms with Crippen LogP contribution >= 0.6 is 0 Å². The summed E-state index contributed by atoms with van der Waals surface area (Å²) in [5, 5.41) is 0. The average molecular weight is 481 g/mol. The van der Waals surface area contributed by atoms with Gasteiger partial charge in [0.25, 0.3) is 0 Å². The highest BCUT2D eigenvalue weighted by Crippen LogP contribution is 2.29. The van der Waals surface area contributed by atoms with Crippen LogP contribution in [0, 0.1) is 0 Å². The Hall–Kier alpha value is -4.51. The normalized spacial score (nSPS) is 10.7. The molecule has 4 rings (SSSR count). The van der Waals surface area contributed by atoms with E-state index >= 15 is 0 Å². The third-order valence-corrected chi connectivity index (χ3v) is 5.56. The molecule has 182 valence electrons. The third kappa shape index (κ3) is 6.54. The summed E-state index contributed by atoms with van der Waals surface area (Å²) >= 11 is 0. The van der Waals surface area contributed by atoms with Crippen molar-refractivity contribution >= 4 is 11.9 Å². The molecule has 5 nitrogen and oxygen atoms in total. The van der Waals surface area contributed by atoms with Gasteiger partial charge in [0.2, 0.25) is 0 Å². The molecule has 4 aromatic carbocycles. The van der Waals surface area contributed by atoms with Crippen LogP contribution in [0.2, 0.25) is 0 Å². The predicted molar refractivity (Wildman–Crippen MR) is 141 cm³/mol. The summed E-state index contributed by atoms with van der Waals surface area (Å²) in [6.07, 6.45) is 3.27. The minimum absolute atomic E-state index is 0.189. The molecule has 0 fully saturated rings. The minimum atomic E-state index is -0.189. The first-order valence-electron chi connectivity index (χ1n) is 11.6. The van der Waals surface area contributed by atoms with Crippen molar-refractivity contribution < 1.29 is 23.7 Å². The zero-order chi connectivity index (χ0) is 25.2. The molecule has 0 aliphatic carbocycles. The molecule has 0 amide bonds. The Morgan fingerprint density at radius 3 is 1.78 bits per heavy atom. The monoisotopic (exact) mass is 480 g/mol. The largest absolute Gasteiger partial charge is 0.497 e. The second-order valence-electron chi connectivity index (χ2n) is 8.01. The molecule has 0 radical (unpaired) electrons. The van der Waals surface area contributed by atoms with Crippen LogP contribution in [0.4, 0.5) is 0 Å². The first-order chi connectivity index (χ1) is 17.7. The van der Waals surface area contributed by atoms with Crippen molar-refractivity contribution in [2.24, 2.45) is 0 Å². The van der Waals surface area contributed by atoms with Gasteiger partial charge in [-0.05, 0) is 47.5 Å². The van der Waals surface area contributed by atoms with Gasteiger partial charge < -0.3 is 18.9 Å². The molecule has 4 aromatic rings. The summed E-state index contributed by atoms with van der Waals surface area (Å²) in [4.78, 5) is 13.2. The van der Waals surface area contributed by atoms with Crippen molar-refractivity contribution in [1.29, 1.82) is 0 Å². The van der Waals surface area contributed by atoms with Crippen molar-refractivity contribution in [3.05, 3.63) is 125 Å². The van der Waals surface area contributed by atoms with Gasteiger partial charge in [-0.25, -0.2) is 0 Å². The van der Waals surface area contributed by atoms with Crippen LogP contribution in [-0.4, -0.2) is 20.0 Å². The van der Waals surface area contributed by atoms with Crippen LogP contribution in [0.25, 0.3) is 6.08 Å². The van der Waals surface area contributed by atoms with E-state index in [-0.39, 0.29) is 5.78 Å². The summed E-state index contributed by atoms with van der Waals surface area (Å²) in [5.74, 6) is 2.19. The number of methoxy groups -OCH3 is 2. The second kappa shape index (κ2) is 12.3. The van der Waals surface area contributed by atoms with Crippen molar-refractivity contribution in [3.8, 4) is 23.0 Å². The summed E-state index contributed by atoms with van der Waals surface area (Å²) in [5.41, 5.74) is 3.26. The highest BCUT2D eigenvalue weighted by atomic mass is 16.5. The molecular weight excluding hydrogens is 452 g/mol. The maximum atomic E-state index is 13.2. The number of allylic oxidation sites excluding steroid dienone is 1. The van der Waals surface area contributed by atoms with Gasteiger partial charge in [0, 0.05) is 17.7 Å². The fraction of sp³-hybridized carbons (Fsp3) is 0.129. The molecule has 0 saturated heterocycles. The van der Waals surface area contributed by atoms with Crippen LogP contribution in [0.3, 0.4) is 0 Å². The molecule has 0 bridgehead atoms. The minimum Gasteiger partial charge on any atom is -0.497 e. The Labute approximate surface area is 211 Å². The van der Waals surface area contributed by atoms with Gasteiger partial charge in [-0.15, -0.1) is 0 Å². The zero-order valence-electron chi connectivity index (χ0n) is 20.3. The van der Waals surface area contributed by atoms with Crippen LogP contribution in [-0.2, 0) is 13.2 Å². The molecule has 0 heterocycles. The summed E-state index contributed by atoms with van der Waals surface area (Å²) in [6.45, 7) is 0.743. The lowest BCUT2D eigenvalue weighted by atomic mass is 10.1. The van der Waals surface area contributed by atoms with E-state index in [1.807, 2.05) is 78.9 Å². The number of carbonyl (C=O) groups excluding carboxylic acids is 1. The van der Waals surface area contributed by atoms with E-state index in [2.05, 4.69) is 0 Å². The molecular formula is C31H28O5.